The minimum absolute atomic E-state index is 0.00657. The van der Waals surface area contributed by atoms with Crippen LogP contribution in [0.25, 0.3) is 0 Å². The summed E-state index contributed by atoms with van der Waals surface area (Å²) >= 11 is 0. The van der Waals surface area contributed by atoms with E-state index in [9.17, 15) is 4.79 Å². The van der Waals surface area contributed by atoms with Gasteiger partial charge in [-0.1, -0.05) is 6.07 Å². The van der Waals surface area contributed by atoms with Crippen molar-refractivity contribution in [3.63, 3.8) is 0 Å². The number of nitriles is 1. The van der Waals surface area contributed by atoms with Gasteiger partial charge in [0.1, 0.15) is 0 Å². The molecular weight excluding hydrogens is 164 g/mol. The summed E-state index contributed by atoms with van der Waals surface area (Å²) in [6.07, 6.45) is 0. The van der Waals surface area contributed by atoms with Gasteiger partial charge < -0.3 is 4.90 Å². The van der Waals surface area contributed by atoms with Gasteiger partial charge in [-0.25, -0.2) is 0 Å². The molecule has 0 aromatic heterocycles. The Morgan fingerprint density at radius 3 is 3.00 bits per heavy atom. The number of carbonyl (C=O) groups excluding carboxylic acids is 1. The fraction of sp³-hybridized carbons (Fsp3) is 0.200. The van der Waals surface area contributed by atoms with Crippen LogP contribution in [0.1, 0.15) is 21.5 Å². The van der Waals surface area contributed by atoms with Crippen LogP contribution >= 0.6 is 0 Å². The topological polar surface area (TPSA) is 44.1 Å². The Hall–Kier alpha value is -1.82. The van der Waals surface area contributed by atoms with E-state index in [1.165, 1.54) is 0 Å². The maximum Gasteiger partial charge on any atom is 0.254 e. The summed E-state index contributed by atoms with van der Waals surface area (Å²) in [5, 5.41) is 8.79. The first-order chi connectivity index (χ1) is 6.24. The van der Waals surface area contributed by atoms with Gasteiger partial charge in [-0.05, 0) is 12.1 Å². The highest BCUT2D eigenvalue weighted by Crippen LogP contribution is 2.23. The lowest BCUT2D eigenvalue weighted by Crippen LogP contribution is -2.17. The Morgan fingerprint density at radius 1 is 1.54 bits per heavy atom. The Kier molecular flexibility index (Phi) is 1.56. The van der Waals surface area contributed by atoms with Gasteiger partial charge in [0, 0.05) is 24.7 Å². The van der Waals surface area contributed by atoms with Crippen LogP contribution in [-0.4, -0.2) is 17.9 Å². The molecule has 0 atom stereocenters. The third kappa shape index (κ3) is 0.994. The zero-order valence-electron chi connectivity index (χ0n) is 7.24. The molecule has 1 aromatic carbocycles. The molecule has 1 aromatic rings. The van der Waals surface area contributed by atoms with Crippen LogP contribution in [0.2, 0.25) is 0 Å². The van der Waals surface area contributed by atoms with Crippen molar-refractivity contribution >= 4 is 5.91 Å². The second-order valence-corrected chi connectivity index (χ2v) is 3.10. The summed E-state index contributed by atoms with van der Waals surface area (Å²) in [6, 6.07) is 7.34. The Morgan fingerprint density at radius 2 is 2.31 bits per heavy atom. The maximum absolute atomic E-state index is 11.5. The van der Waals surface area contributed by atoms with E-state index in [1.807, 2.05) is 0 Å². The predicted octanol–water partition coefficient (Wildman–Crippen LogP) is 1.14. The molecule has 2 rings (SSSR count). The van der Waals surface area contributed by atoms with E-state index < -0.39 is 0 Å². The van der Waals surface area contributed by atoms with Gasteiger partial charge in [-0.3, -0.25) is 4.79 Å². The average molecular weight is 172 g/mol. The second-order valence-electron chi connectivity index (χ2n) is 3.10. The summed E-state index contributed by atoms with van der Waals surface area (Å²) in [6.45, 7) is 0.553. The van der Waals surface area contributed by atoms with Gasteiger partial charge in [-0.15, -0.1) is 0 Å². The van der Waals surface area contributed by atoms with Crippen molar-refractivity contribution in [3.8, 4) is 6.07 Å². The summed E-state index contributed by atoms with van der Waals surface area (Å²) in [4.78, 5) is 13.1. The number of rotatable bonds is 0. The summed E-state index contributed by atoms with van der Waals surface area (Å²) < 4.78 is 0. The Balaban J connectivity index is 2.64. The van der Waals surface area contributed by atoms with E-state index in [4.69, 9.17) is 5.26 Å². The molecule has 1 heterocycles. The molecule has 0 spiro atoms. The third-order valence-electron chi connectivity index (χ3n) is 2.27. The number of nitrogens with zero attached hydrogens (tertiary/aromatic N) is 2. The van der Waals surface area contributed by atoms with E-state index in [-0.39, 0.29) is 5.91 Å². The zero-order valence-corrected chi connectivity index (χ0v) is 7.24. The Bertz CT molecular complexity index is 417. The van der Waals surface area contributed by atoms with Crippen molar-refractivity contribution in [1.29, 1.82) is 5.26 Å². The lowest BCUT2D eigenvalue weighted by molar-refractivity contribution is 0.0816. The molecular formula is C10H8N2O. The van der Waals surface area contributed by atoms with Crippen molar-refractivity contribution < 1.29 is 4.79 Å². The summed E-state index contributed by atoms with van der Waals surface area (Å²) in [5.41, 5.74) is 2.13. The highest BCUT2D eigenvalue weighted by atomic mass is 16.2. The van der Waals surface area contributed by atoms with Crippen LogP contribution in [0.15, 0.2) is 18.2 Å². The number of benzene rings is 1. The van der Waals surface area contributed by atoms with E-state index in [1.54, 1.807) is 30.1 Å². The minimum Gasteiger partial charge on any atom is -0.337 e. The number of fused-ring (bicyclic) bond motifs is 1. The molecule has 64 valence electrons. The van der Waals surface area contributed by atoms with E-state index in [0.29, 0.717) is 17.7 Å². The van der Waals surface area contributed by atoms with Crippen LogP contribution in [0.4, 0.5) is 0 Å². The zero-order chi connectivity index (χ0) is 9.42. The van der Waals surface area contributed by atoms with Crippen molar-refractivity contribution in [3.05, 3.63) is 34.9 Å². The quantitative estimate of drug-likeness (QED) is 0.589. The summed E-state index contributed by atoms with van der Waals surface area (Å²) in [5.74, 6) is 0.00657. The van der Waals surface area contributed by atoms with Crippen molar-refractivity contribution in [2.75, 3.05) is 7.05 Å². The number of hydrogen-bond donors (Lipinski definition) is 0. The van der Waals surface area contributed by atoms with Crippen LogP contribution in [0.3, 0.4) is 0 Å². The normalized spacial score (nSPS) is 14.2. The fourth-order valence-electron chi connectivity index (χ4n) is 1.58. The third-order valence-corrected chi connectivity index (χ3v) is 2.27. The molecule has 0 aliphatic carbocycles. The van der Waals surface area contributed by atoms with Gasteiger partial charge in [0.2, 0.25) is 0 Å². The highest BCUT2D eigenvalue weighted by Gasteiger charge is 2.25. The SMILES string of the molecule is CN1Cc2c(C#N)cccc2C1=O. The van der Waals surface area contributed by atoms with Gasteiger partial charge in [0.25, 0.3) is 5.91 Å². The molecule has 1 amide bonds. The number of carbonyl (C=O) groups is 1. The molecule has 3 nitrogen and oxygen atoms in total. The maximum atomic E-state index is 11.5. The molecule has 1 aliphatic rings. The molecule has 0 radical (unpaired) electrons. The van der Waals surface area contributed by atoms with Gasteiger partial charge in [-0.2, -0.15) is 5.26 Å². The van der Waals surface area contributed by atoms with Crippen LogP contribution < -0.4 is 0 Å². The van der Waals surface area contributed by atoms with E-state index >= 15 is 0 Å². The Labute approximate surface area is 76.2 Å². The molecule has 0 saturated heterocycles. The number of hydrogen-bond acceptors (Lipinski definition) is 2. The fourth-order valence-corrected chi connectivity index (χ4v) is 1.58. The molecule has 0 N–H and O–H groups in total. The smallest absolute Gasteiger partial charge is 0.254 e. The first-order valence-electron chi connectivity index (χ1n) is 4.01. The molecule has 0 fully saturated rings. The van der Waals surface area contributed by atoms with E-state index in [0.717, 1.165) is 5.56 Å². The first-order valence-corrected chi connectivity index (χ1v) is 4.01. The molecule has 1 aliphatic heterocycles. The second kappa shape index (κ2) is 2.60. The molecule has 0 unspecified atom stereocenters. The van der Waals surface area contributed by atoms with Crippen LogP contribution in [0, 0.1) is 11.3 Å². The van der Waals surface area contributed by atoms with Crippen molar-refractivity contribution in [2.45, 2.75) is 6.54 Å². The van der Waals surface area contributed by atoms with Crippen molar-refractivity contribution in [2.24, 2.45) is 0 Å². The largest absolute Gasteiger partial charge is 0.337 e. The predicted molar refractivity (Wildman–Crippen MR) is 47.0 cm³/mol. The lowest BCUT2D eigenvalue weighted by Gasteiger charge is -2.04. The first kappa shape index (κ1) is 7.81. The van der Waals surface area contributed by atoms with Gasteiger partial charge in [0.05, 0.1) is 11.6 Å². The molecule has 3 heteroatoms. The minimum atomic E-state index is 0.00657. The van der Waals surface area contributed by atoms with Crippen LogP contribution in [-0.2, 0) is 6.54 Å². The average Bonchev–Trinajstić information content (AvgIpc) is 2.43. The monoisotopic (exact) mass is 172 g/mol. The molecule has 0 bridgehead atoms. The molecule has 13 heavy (non-hydrogen) atoms. The standard InChI is InChI=1S/C10H8N2O/c1-12-6-9-7(5-11)3-2-4-8(9)10(12)13/h2-4H,6H2,1H3. The lowest BCUT2D eigenvalue weighted by atomic mass is 10.0. The van der Waals surface area contributed by atoms with Gasteiger partial charge >= 0.3 is 0 Å². The van der Waals surface area contributed by atoms with Crippen molar-refractivity contribution in [1.82, 2.24) is 4.90 Å². The van der Waals surface area contributed by atoms with Crippen LogP contribution in [0.5, 0.6) is 0 Å². The highest BCUT2D eigenvalue weighted by molar-refractivity contribution is 5.98. The molecule has 0 saturated carbocycles. The van der Waals surface area contributed by atoms with Gasteiger partial charge in [0.15, 0.2) is 0 Å². The number of amides is 1. The van der Waals surface area contributed by atoms with E-state index in [2.05, 4.69) is 6.07 Å². The summed E-state index contributed by atoms with van der Waals surface area (Å²) in [7, 11) is 1.74.